The normalized spacial score (nSPS) is 10.5. The lowest BCUT2D eigenvalue weighted by molar-refractivity contribution is 0.0844. The van der Waals surface area contributed by atoms with Crippen molar-refractivity contribution in [1.29, 1.82) is 0 Å². The average molecular weight is 409 g/mol. The second-order valence-corrected chi connectivity index (χ2v) is 6.87. The molecule has 150 valence electrons. The number of methoxy groups -OCH3 is 1. The van der Waals surface area contributed by atoms with Crippen LogP contribution in [0.25, 0.3) is 0 Å². The Balaban J connectivity index is 2.01. The number of benzene rings is 2. The zero-order valence-corrected chi connectivity index (χ0v) is 16.6. The van der Waals surface area contributed by atoms with Gasteiger partial charge in [-0.15, -0.1) is 0 Å². The number of carbonyl (C=O) groups excluding carboxylic acids is 2. The van der Waals surface area contributed by atoms with E-state index in [2.05, 4.69) is 24.7 Å². The number of halogens is 2. The van der Waals surface area contributed by atoms with Crippen molar-refractivity contribution >= 4 is 23.4 Å². The monoisotopic (exact) mass is 408 g/mol. The third-order valence-electron chi connectivity index (χ3n) is 3.84. The summed E-state index contributed by atoms with van der Waals surface area (Å²) in [6.45, 7) is 4.72. The molecule has 2 amide bonds. The fourth-order valence-electron chi connectivity index (χ4n) is 2.26. The van der Waals surface area contributed by atoms with Crippen LogP contribution in [0.3, 0.4) is 0 Å². The Morgan fingerprint density at radius 3 is 2.46 bits per heavy atom. The summed E-state index contributed by atoms with van der Waals surface area (Å²) in [6.07, 6.45) is 0.886. The molecule has 0 aliphatic rings. The zero-order valence-electron chi connectivity index (χ0n) is 15.8. The highest BCUT2D eigenvalue weighted by atomic mass is 35.5. The van der Waals surface area contributed by atoms with Gasteiger partial charge >= 0.3 is 0 Å². The molecule has 0 heterocycles. The smallest absolute Gasteiger partial charge is 0.272 e. The molecule has 28 heavy (non-hydrogen) atoms. The largest absolute Gasteiger partial charge is 0.493 e. The van der Waals surface area contributed by atoms with Crippen molar-refractivity contribution in [2.75, 3.05) is 13.7 Å². The molecule has 0 saturated heterocycles. The van der Waals surface area contributed by atoms with Crippen molar-refractivity contribution in [2.24, 2.45) is 5.92 Å². The molecule has 0 bridgehead atoms. The Morgan fingerprint density at radius 2 is 1.79 bits per heavy atom. The predicted molar refractivity (Wildman–Crippen MR) is 104 cm³/mol. The topological polar surface area (TPSA) is 76.7 Å². The molecule has 0 aliphatic heterocycles. The van der Waals surface area contributed by atoms with Gasteiger partial charge in [0.05, 0.1) is 19.3 Å². The summed E-state index contributed by atoms with van der Waals surface area (Å²) in [5.74, 6) is -0.755. The van der Waals surface area contributed by atoms with Crippen molar-refractivity contribution in [3.8, 4) is 11.5 Å². The molecule has 0 fully saturated rings. The zero-order chi connectivity index (χ0) is 20.7. The van der Waals surface area contributed by atoms with Crippen molar-refractivity contribution in [2.45, 2.75) is 20.3 Å². The van der Waals surface area contributed by atoms with E-state index in [9.17, 15) is 14.0 Å². The summed E-state index contributed by atoms with van der Waals surface area (Å²) in [4.78, 5) is 24.3. The highest BCUT2D eigenvalue weighted by Crippen LogP contribution is 2.28. The third kappa shape index (κ3) is 5.85. The van der Waals surface area contributed by atoms with E-state index in [1.165, 1.54) is 31.4 Å². The van der Waals surface area contributed by atoms with Gasteiger partial charge in [-0.1, -0.05) is 25.4 Å². The number of rotatable bonds is 7. The Labute approximate surface area is 167 Å². The fraction of sp³-hybridized carbons (Fsp3) is 0.300. The van der Waals surface area contributed by atoms with Gasteiger partial charge in [0.2, 0.25) is 0 Å². The van der Waals surface area contributed by atoms with Crippen molar-refractivity contribution in [1.82, 2.24) is 10.9 Å². The van der Waals surface area contributed by atoms with Crippen LogP contribution >= 0.6 is 11.6 Å². The second kappa shape index (κ2) is 9.94. The number of ether oxygens (including phenoxy) is 2. The average Bonchev–Trinajstić information content (AvgIpc) is 2.67. The highest BCUT2D eigenvalue weighted by molar-refractivity contribution is 6.31. The number of nitrogens with one attached hydrogen (secondary N) is 2. The molecule has 2 aromatic rings. The van der Waals surface area contributed by atoms with Gasteiger partial charge in [-0.3, -0.25) is 20.4 Å². The molecule has 2 aromatic carbocycles. The van der Waals surface area contributed by atoms with Gasteiger partial charge in [0, 0.05) is 10.6 Å². The maximum Gasteiger partial charge on any atom is 0.272 e. The molecule has 0 radical (unpaired) electrons. The lowest BCUT2D eigenvalue weighted by Gasteiger charge is -2.13. The standard InChI is InChI=1S/C20H22ClFN2O4/c1-12(2)8-9-28-17-7-4-13(10-18(17)27-3)19(25)23-24-20(26)15-11-14(21)5-6-16(15)22/h4-7,10-12H,8-9H2,1-3H3,(H,23,25)(H,24,26). The van der Waals surface area contributed by atoms with Gasteiger partial charge in [0.1, 0.15) is 5.82 Å². The van der Waals surface area contributed by atoms with Gasteiger partial charge in [-0.2, -0.15) is 0 Å². The molecule has 0 unspecified atom stereocenters. The van der Waals surface area contributed by atoms with Crippen molar-refractivity contribution < 1.29 is 23.5 Å². The van der Waals surface area contributed by atoms with Crippen LogP contribution in [0.4, 0.5) is 4.39 Å². The number of hydrogen-bond acceptors (Lipinski definition) is 4. The summed E-state index contributed by atoms with van der Waals surface area (Å²) < 4.78 is 24.6. The van der Waals surface area contributed by atoms with E-state index < -0.39 is 17.6 Å². The van der Waals surface area contributed by atoms with Gasteiger partial charge < -0.3 is 9.47 Å². The van der Waals surface area contributed by atoms with Gasteiger partial charge in [-0.05, 0) is 48.7 Å². The predicted octanol–water partition coefficient (Wildman–Crippen LogP) is 3.99. The minimum absolute atomic E-state index is 0.204. The minimum Gasteiger partial charge on any atom is -0.493 e. The Hall–Kier alpha value is -2.80. The summed E-state index contributed by atoms with van der Waals surface area (Å²) in [5.41, 5.74) is 4.34. The first-order valence-electron chi connectivity index (χ1n) is 8.68. The lowest BCUT2D eigenvalue weighted by atomic mass is 10.1. The van der Waals surface area contributed by atoms with Crippen LogP contribution in [-0.2, 0) is 0 Å². The van der Waals surface area contributed by atoms with Crippen LogP contribution in [0.1, 0.15) is 41.0 Å². The molecule has 0 aromatic heterocycles. The van der Waals surface area contributed by atoms with Crippen molar-refractivity contribution in [3.63, 3.8) is 0 Å². The van der Waals surface area contributed by atoms with Gasteiger partial charge in [0.25, 0.3) is 11.8 Å². The molecular formula is C20H22ClFN2O4. The van der Waals surface area contributed by atoms with Crippen molar-refractivity contribution in [3.05, 3.63) is 58.4 Å². The fourth-order valence-corrected chi connectivity index (χ4v) is 2.43. The molecule has 0 saturated carbocycles. The Kier molecular flexibility index (Phi) is 7.63. The van der Waals surface area contributed by atoms with Crippen LogP contribution in [0.15, 0.2) is 36.4 Å². The maximum atomic E-state index is 13.7. The van der Waals surface area contributed by atoms with E-state index in [1.807, 2.05) is 0 Å². The SMILES string of the molecule is COc1cc(C(=O)NNC(=O)c2cc(Cl)ccc2F)ccc1OCCC(C)C. The Morgan fingerprint density at radius 1 is 1.07 bits per heavy atom. The molecule has 0 atom stereocenters. The van der Waals surface area contributed by atoms with Crippen LogP contribution < -0.4 is 20.3 Å². The van der Waals surface area contributed by atoms with Crippen LogP contribution in [0.5, 0.6) is 11.5 Å². The molecule has 6 nitrogen and oxygen atoms in total. The van der Waals surface area contributed by atoms with Crippen LogP contribution in [-0.4, -0.2) is 25.5 Å². The molecule has 0 spiro atoms. The van der Waals surface area contributed by atoms with E-state index in [4.69, 9.17) is 21.1 Å². The van der Waals surface area contributed by atoms with E-state index in [1.54, 1.807) is 6.07 Å². The van der Waals surface area contributed by atoms with Crippen LogP contribution in [0.2, 0.25) is 5.02 Å². The summed E-state index contributed by atoms with van der Waals surface area (Å²) in [6, 6.07) is 8.21. The second-order valence-electron chi connectivity index (χ2n) is 6.43. The maximum absolute atomic E-state index is 13.7. The summed E-state index contributed by atoms with van der Waals surface area (Å²) in [7, 11) is 1.47. The minimum atomic E-state index is -0.825. The number of carbonyl (C=O) groups is 2. The first-order chi connectivity index (χ1) is 13.3. The quantitative estimate of drug-likeness (QED) is 0.679. The number of hydrazine groups is 1. The first kappa shape index (κ1) is 21.5. The summed E-state index contributed by atoms with van der Waals surface area (Å²) >= 11 is 5.76. The van der Waals surface area contributed by atoms with E-state index in [0.717, 1.165) is 12.5 Å². The highest BCUT2D eigenvalue weighted by Gasteiger charge is 2.15. The molecule has 2 N–H and O–H groups in total. The van der Waals surface area contributed by atoms with E-state index in [0.29, 0.717) is 24.0 Å². The third-order valence-corrected chi connectivity index (χ3v) is 4.08. The van der Waals surface area contributed by atoms with E-state index >= 15 is 0 Å². The number of amides is 2. The molecule has 0 aliphatic carbocycles. The first-order valence-corrected chi connectivity index (χ1v) is 9.06. The molecular weight excluding hydrogens is 387 g/mol. The molecule has 8 heteroatoms. The van der Waals surface area contributed by atoms with E-state index in [-0.39, 0.29) is 16.1 Å². The summed E-state index contributed by atoms with van der Waals surface area (Å²) in [5, 5.41) is 0.204. The lowest BCUT2D eigenvalue weighted by Crippen LogP contribution is -2.42. The Bertz CT molecular complexity index is 858. The van der Waals surface area contributed by atoms with Gasteiger partial charge in [0.15, 0.2) is 11.5 Å². The van der Waals surface area contributed by atoms with Crippen LogP contribution in [0, 0.1) is 11.7 Å². The number of hydrogen-bond donors (Lipinski definition) is 2. The van der Waals surface area contributed by atoms with Gasteiger partial charge in [-0.25, -0.2) is 4.39 Å². The molecule has 2 rings (SSSR count).